The molecule has 0 bridgehead atoms. The normalized spacial score (nSPS) is 6.90. The zero-order valence-corrected chi connectivity index (χ0v) is 7.17. The highest BCUT2D eigenvalue weighted by Crippen LogP contribution is 1.67. The van der Waals surface area contributed by atoms with Crippen molar-refractivity contribution in [3.8, 4) is 0 Å². The predicted octanol–water partition coefficient (Wildman–Crippen LogP) is 0.0545. The second-order valence-corrected chi connectivity index (χ2v) is 1.91. The molecule has 0 aliphatic carbocycles. The van der Waals surface area contributed by atoms with Crippen LogP contribution >= 0.6 is 24.4 Å². The van der Waals surface area contributed by atoms with Crippen LogP contribution in [0.5, 0.6) is 0 Å². The van der Waals surface area contributed by atoms with Gasteiger partial charge in [-0.1, -0.05) is 0 Å². The quantitative estimate of drug-likeness (QED) is 0.497. The van der Waals surface area contributed by atoms with E-state index in [2.05, 4.69) is 34.9 Å². The Morgan fingerprint density at radius 3 is 1.80 bits per heavy atom. The highest BCUT2D eigenvalue weighted by Gasteiger charge is 1.76. The van der Waals surface area contributed by atoms with Crippen LogP contribution in [-0.4, -0.2) is 22.1 Å². The molecule has 0 aliphatic heterocycles. The zero-order chi connectivity index (χ0) is 8.57. The Labute approximate surface area is 70.1 Å². The topological polar surface area (TPSA) is 81.5 Å². The van der Waals surface area contributed by atoms with E-state index in [4.69, 9.17) is 10.8 Å². The van der Waals surface area contributed by atoms with Crippen molar-refractivity contribution >= 4 is 34.8 Å². The molecule has 0 rings (SSSR count). The third kappa shape index (κ3) is 53.0. The summed E-state index contributed by atoms with van der Waals surface area (Å²) in [6.07, 6.45) is 0. The molecule has 0 fully saturated rings. The summed E-state index contributed by atoms with van der Waals surface area (Å²) in [5.41, 5.74) is 9.31. The summed E-state index contributed by atoms with van der Waals surface area (Å²) in [5.74, 6) is 0. The summed E-state index contributed by atoms with van der Waals surface area (Å²) in [4.78, 5) is 0. The molecule has 6 heteroatoms. The van der Waals surface area contributed by atoms with Crippen LogP contribution in [0.25, 0.3) is 0 Å². The Morgan fingerprint density at radius 1 is 1.50 bits per heavy atom. The molecule has 0 aliphatic rings. The molecule has 10 heavy (non-hydrogen) atoms. The minimum absolute atomic E-state index is 0.123. The molecule has 4 nitrogen and oxygen atoms in total. The highest BCUT2D eigenvalue weighted by molar-refractivity contribution is 7.80. The third-order valence-electron chi connectivity index (χ3n) is 0.287. The molecule has 0 unspecified atom stereocenters. The lowest BCUT2D eigenvalue weighted by Gasteiger charge is -1.93. The Morgan fingerprint density at radius 2 is 1.80 bits per heavy atom. The zero-order valence-electron chi connectivity index (χ0n) is 5.53. The maximum absolute atomic E-state index is 7.56. The maximum Gasteiger partial charge on any atom is 0.253 e. The average molecular weight is 182 g/mol. The van der Waals surface area contributed by atoms with Gasteiger partial charge in [0.1, 0.15) is 0 Å². The number of aliphatic hydroxyl groups is 1. The lowest BCUT2D eigenvalue weighted by atomic mass is 10.9. The maximum atomic E-state index is 7.56. The first kappa shape index (κ1) is 12.1. The van der Waals surface area contributed by atoms with Crippen molar-refractivity contribution < 1.29 is 9.84 Å². The van der Waals surface area contributed by atoms with Crippen molar-refractivity contribution in [2.75, 3.05) is 6.61 Å². The van der Waals surface area contributed by atoms with Gasteiger partial charge >= 0.3 is 0 Å². The summed E-state index contributed by atoms with van der Waals surface area (Å²) in [6.45, 7) is 2.40. The van der Waals surface area contributed by atoms with E-state index in [1.54, 1.807) is 0 Å². The fourth-order valence-electron chi connectivity index (χ4n) is 0.142. The van der Waals surface area contributed by atoms with Crippen LogP contribution in [0.3, 0.4) is 0 Å². The summed E-state index contributed by atoms with van der Waals surface area (Å²) in [7, 11) is 0. The Hall–Kier alpha value is -0.620. The Bertz CT molecular complexity index is 114. The van der Waals surface area contributed by atoms with Crippen LogP contribution in [0, 0.1) is 0 Å². The first-order valence-corrected chi connectivity index (χ1v) is 3.23. The third-order valence-corrected chi connectivity index (χ3v) is 0.404. The van der Waals surface area contributed by atoms with E-state index in [0.717, 1.165) is 0 Å². The van der Waals surface area contributed by atoms with Gasteiger partial charge in [0.25, 0.3) is 10.3 Å². The van der Waals surface area contributed by atoms with Crippen LogP contribution in [0.2, 0.25) is 0 Å². The van der Waals surface area contributed by atoms with Crippen LogP contribution < -0.4 is 11.5 Å². The van der Waals surface area contributed by atoms with E-state index >= 15 is 0 Å². The van der Waals surface area contributed by atoms with E-state index in [1.165, 1.54) is 0 Å². The molecule has 5 N–H and O–H groups in total. The highest BCUT2D eigenvalue weighted by atomic mass is 32.1. The second-order valence-electron chi connectivity index (χ2n) is 1.09. The predicted molar refractivity (Wildman–Crippen MR) is 47.8 cm³/mol. The van der Waals surface area contributed by atoms with E-state index in [0.29, 0.717) is 6.61 Å². The van der Waals surface area contributed by atoms with Crippen LogP contribution in [0.4, 0.5) is 0 Å². The molecular weight excluding hydrogens is 172 g/mol. The standard InChI is InChI=1S/C3H7NOS.CH3NOS/c1-2-5-3(4)6;2-1(3)4/h2H2,1H3,(H2,4,6);(H3,2,3,4). The summed E-state index contributed by atoms with van der Waals surface area (Å²) >= 11 is 8.22. The van der Waals surface area contributed by atoms with Crippen LogP contribution in [-0.2, 0) is 4.74 Å². The molecule has 60 valence electrons. The van der Waals surface area contributed by atoms with Gasteiger partial charge in [0, 0.05) is 0 Å². The molecular formula is C4H10N2O2S2. The van der Waals surface area contributed by atoms with Gasteiger partial charge in [-0.25, -0.2) is 0 Å². The fourth-order valence-corrected chi connectivity index (χ4v) is 0.260. The second kappa shape index (κ2) is 8.38. The molecule has 0 atom stereocenters. The largest absolute Gasteiger partial charge is 0.487 e. The minimum atomic E-state index is -0.500. The van der Waals surface area contributed by atoms with Gasteiger partial charge in [-0.2, -0.15) is 0 Å². The van der Waals surface area contributed by atoms with Crippen molar-refractivity contribution in [3.05, 3.63) is 0 Å². The van der Waals surface area contributed by atoms with Gasteiger partial charge in [0.05, 0.1) is 6.61 Å². The SMILES string of the molecule is CCOC(N)=S.NC(O)=S. The van der Waals surface area contributed by atoms with E-state index in [9.17, 15) is 0 Å². The van der Waals surface area contributed by atoms with Gasteiger partial charge < -0.3 is 21.3 Å². The van der Waals surface area contributed by atoms with Gasteiger partial charge in [-0.05, 0) is 31.4 Å². The average Bonchev–Trinajstić information content (AvgIpc) is 1.62. The van der Waals surface area contributed by atoms with Crippen molar-refractivity contribution in [1.29, 1.82) is 0 Å². The van der Waals surface area contributed by atoms with Crippen molar-refractivity contribution in [3.63, 3.8) is 0 Å². The van der Waals surface area contributed by atoms with E-state index in [1.807, 2.05) is 6.92 Å². The van der Waals surface area contributed by atoms with Gasteiger partial charge in [-0.3, -0.25) is 0 Å². The monoisotopic (exact) mass is 182 g/mol. The molecule has 0 aromatic heterocycles. The minimum Gasteiger partial charge on any atom is -0.487 e. The van der Waals surface area contributed by atoms with E-state index < -0.39 is 5.17 Å². The van der Waals surface area contributed by atoms with Crippen LogP contribution in [0.15, 0.2) is 0 Å². The first-order chi connectivity index (χ1) is 4.50. The molecule has 0 amide bonds. The van der Waals surface area contributed by atoms with E-state index in [-0.39, 0.29) is 5.17 Å². The number of hydrogen-bond donors (Lipinski definition) is 3. The number of rotatable bonds is 1. The van der Waals surface area contributed by atoms with Crippen molar-refractivity contribution in [2.24, 2.45) is 11.5 Å². The number of hydrogen-bond acceptors (Lipinski definition) is 3. The number of nitrogens with two attached hydrogens (primary N) is 2. The Balaban J connectivity index is 0. The lowest BCUT2D eigenvalue weighted by Crippen LogP contribution is -2.11. The molecule has 0 aromatic carbocycles. The van der Waals surface area contributed by atoms with Gasteiger partial charge in [0.2, 0.25) is 0 Å². The first-order valence-electron chi connectivity index (χ1n) is 2.41. The number of aliphatic hydroxyl groups excluding tert-OH is 1. The molecule has 0 saturated heterocycles. The number of thiocarbonyl (C=S) groups is 2. The summed E-state index contributed by atoms with van der Waals surface area (Å²) in [6, 6.07) is 0. The molecule has 0 radical (unpaired) electrons. The summed E-state index contributed by atoms with van der Waals surface area (Å²) < 4.78 is 4.55. The summed E-state index contributed by atoms with van der Waals surface area (Å²) in [5, 5.41) is 7.19. The Kier molecular flexibility index (Phi) is 10.1. The smallest absolute Gasteiger partial charge is 0.253 e. The van der Waals surface area contributed by atoms with Crippen LogP contribution in [0.1, 0.15) is 6.92 Å². The van der Waals surface area contributed by atoms with Crippen molar-refractivity contribution in [2.45, 2.75) is 6.92 Å². The molecule has 0 saturated carbocycles. The molecule has 0 aromatic rings. The molecule has 0 spiro atoms. The van der Waals surface area contributed by atoms with Gasteiger partial charge in [0.15, 0.2) is 0 Å². The molecule has 0 heterocycles. The number of ether oxygens (including phenoxy) is 1. The van der Waals surface area contributed by atoms with Gasteiger partial charge in [-0.15, -0.1) is 0 Å². The fraction of sp³-hybridized carbons (Fsp3) is 0.500. The lowest BCUT2D eigenvalue weighted by molar-refractivity contribution is 0.331. The van der Waals surface area contributed by atoms with Crippen molar-refractivity contribution in [1.82, 2.24) is 0 Å².